The molecule has 18 heavy (non-hydrogen) atoms. The number of aliphatic hydroxyl groups excluding tert-OH is 1. The number of piperidine rings is 1. The van der Waals surface area contributed by atoms with Crippen LogP contribution >= 0.6 is 0 Å². The highest BCUT2D eigenvalue weighted by Crippen LogP contribution is 2.28. The molecule has 2 aliphatic rings. The number of nitrogens with zero attached hydrogens (tertiary/aromatic N) is 1. The lowest BCUT2D eigenvalue weighted by Gasteiger charge is -2.36. The minimum atomic E-state index is -0.778. The Hall–Kier alpha value is -0.610. The maximum absolute atomic E-state index is 11.7. The van der Waals surface area contributed by atoms with Crippen LogP contribution in [0.1, 0.15) is 57.8 Å². The Bertz CT molecular complexity index is 277. The van der Waals surface area contributed by atoms with E-state index in [0.29, 0.717) is 18.9 Å². The van der Waals surface area contributed by atoms with Gasteiger partial charge in [0.25, 0.3) is 0 Å². The first kappa shape index (κ1) is 13.8. The highest BCUT2D eigenvalue weighted by Gasteiger charge is 2.30. The molecule has 0 aromatic heterocycles. The Morgan fingerprint density at radius 3 is 2.61 bits per heavy atom. The summed E-state index contributed by atoms with van der Waals surface area (Å²) in [7, 11) is 0. The SMILES string of the molecule is NC(CC1CCCCC1)C(O)N1CCCCC1=O. The van der Waals surface area contributed by atoms with E-state index in [0.717, 1.165) is 19.3 Å². The quantitative estimate of drug-likeness (QED) is 0.801. The number of rotatable bonds is 4. The number of carbonyl (C=O) groups excluding carboxylic acids is 1. The maximum atomic E-state index is 11.7. The van der Waals surface area contributed by atoms with Crippen LogP contribution in [0.3, 0.4) is 0 Å². The van der Waals surface area contributed by atoms with E-state index >= 15 is 0 Å². The minimum absolute atomic E-state index is 0.0628. The summed E-state index contributed by atoms with van der Waals surface area (Å²) in [6, 6.07) is -0.282. The van der Waals surface area contributed by atoms with Crippen LogP contribution in [0.4, 0.5) is 0 Å². The first-order chi connectivity index (χ1) is 8.68. The standard InChI is InChI=1S/C14H26N2O2/c15-12(10-11-6-2-1-3-7-11)14(18)16-9-5-4-8-13(16)17/h11-12,14,18H,1-10,15H2. The van der Waals surface area contributed by atoms with Crippen molar-refractivity contribution in [3.8, 4) is 0 Å². The van der Waals surface area contributed by atoms with Gasteiger partial charge in [0.2, 0.25) is 5.91 Å². The summed E-state index contributed by atoms with van der Waals surface area (Å²) >= 11 is 0. The molecule has 0 radical (unpaired) electrons. The van der Waals surface area contributed by atoms with Gasteiger partial charge in [-0.3, -0.25) is 4.79 Å². The molecule has 4 nitrogen and oxygen atoms in total. The third-order valence-electron chi connectivity index (χ3n) is 4.39. The third-order valence-corrected chi connectivity index (χ3v) is 4.39. The Kier molecular flexibility index (Phi) is 5.01. The van der Waals surface area contributed by atoms with Gasteiger partial charge < -0.3 is 15.7 Å². The molecule has 2 unspecified atom stereocenters. The third kappa shape index (κ3) is 3.45. The predicted molar refractivity (Wildman–Crippen MR) is 70.7 cm³/mol. The lowest BCUT2D eigenvalue weighted by Crippen LogP contribution is -2.52. The topological polar surface area (TPSA) is 66.6 Å². The van der Waals surface area contributed by atoms with E-state index in [1.54, 1.807) is 4.90 Å². The summed E-state index contributed by atoms with van der Waals surface area (Å²) in [5.41, 5.74) is 6.10. The zero-order chi connectivity index (χ0) is 13.0. The average Bonchev–Trinajstić information content (AvgIpc) is 2.39. The molecule has 1 saturated carbocycles. The Balaban J connectivity index is 1.82. The van der Waals surface area contributed by atoms with Gasteiger partial charge in [0.15, 0.2) is 0 Å². The molecule has 2 fully saturated rings. The second-order valence-corrected chi connectivity index (χ2v) is 5.86. The van der Waals surface area contributed by atoms with E-state index in [4.69, 9.17) is 5.73 Å². The Morgan fingerprint density at radius 2 is 1.94 bits per heavy atom. The van der Waals surface area contributed by atoms with Crippen LogP contribution in [0, 0.1) is 5.92 Å². The molecule has 1 aliphatic heterocycles. The number of amides is 1. The number of hydrogen-bond donors (Lipinski definition) is 2. The zero-order valence-electron chi connectivity index (χ0n) is 11.2. The van der Waals surface area contributed by atoms with Crippen molar-refractivity contribution in [2.45, 2.75) is 70.1 Å². The molecule has 4 heteroatoms. The summed E-state index contributed by atoms with van der Waals surface area (Å²) in [5, 5.41) is 10.2. The van der Waals surface area contributed by atoms with Gasteiger partial charge >= 0.3 is 0 Å². The summed E-state index contributed by atoms with van der Waals surface area (Å²) in [6.07, 6.45) is 8.94. The van der Waals surface area contributed by atoms with Crippen LogP contribution in [0.2, 0.25) is 0 Å². The number of likely N-dealkylation sites (tertiary alicyclic amines) is 1. The fourth-order valence-corrected chi connectivity index (χ4v) is 3.27. The second kappa shape index (κ2) is 6.53. The van der Waals surface area contributed by atoms with Crippen LogP contribution in [0.15, 0.2) is 0 Å². The van der Waals surface area contributed by atoms with E-state index in [2.05, 4.69) is 0 Å². The molecule has 1 heterocycles. The largest absolute Gasteiger partial charge is 0.372 e. The molecule has 0 aromatic rings. The van der Waals surface area contributed by atoms with Crippen molar-refractivity contribution >= 4 is 5.91 Å². The summed E-state index contributed by atoms with van der Waals surface area (Å²) in [4.78, 5) is 13.3. The van der Waals surface area contributed by atoms with Gasteiger partial charge in [-0.15, -0.1) is 0 Å². The van der Waals surface area contributed by atoms with Gasteiger partial charge in [-0.2, -0.15) is 0 Å². The molecule has 2 atom stereocenters. The van der Waals surface area contributed by atoms with Crippen molar-refractivity contribution in [2.75, 3.05) is 6.54 Å². The molecule has 1 amide bonds. The van der Waals surface area contributed by atoms with Crippen LogP contribution < -0.4 is 5.73 Å². The number of nitrogens with two attached hydrogens (primary N) is 1. The molecule has 104 valence electrons. The lowest BCUT2D eigenvalue weighted by atomic mass is 9.84. The van der Waals surface area contributed by atoms with E-state index in [-0.39, 0.29) is 11.9 Å². The van der Waals surface area contributed by atoms with Crippen molar-refractivity contribution in [1.29, 1.82) is 0 Å². The molecule has 0 bridgehead atoms. The highest BCUT2D eigenvalue weighted by molar-refractivity contribution is 5.77. The van der Waals surface area contributed by atoms with Gasteiger partial charge in [0.1, 0.15) is 6.23 Å². The molecule has 2 rings (SSSR count). The second-order valence-electron chi connectivity index (χ2n) is 5.86. The zero-order valence-corrected chi connectivity index (χ0v) is 11.2. The first-order valence-corrected chi connectivity index (χ1v) is 7.41. The summed E-state index contributed by atoms with van der Waals surface area (Å²) in [6.45, 7) is 0.665. The van der Waals surface area contributed by atoms with Gasteiger partial charge in [-0.05, 0) is 25.2 Å². The van der Waals surface area contributed by atoms with Crippen molar-refractivity contribution in [3.05, 3.63) is 0 Å². The normalized spacial score (nSPS) is 26.1. The fourth-order valence-electron chi connectivity index (χ4n) is 3.27. The van der Waals surface area contributed by atoms with Crippen molar-refractivity contribution in [2.24, 2.45) is 11.7 Å². The highest BCUT2D eigenvalue weighted by atomic mass is 16.3. The van der Waals surface area contributed by atoms with Gasteiger partial charge in [0.05, 0.1) is 0 Å². The molecule has 0 spiro atoms. The van der Waals surface area contributed by atoms with Crippen LogP contribution in [0.5, 0.6) is 0 Å². The van der Waals surface area contributed by atoms with E-state index < -0.39 is 6.23 Å². The summed E-state index contributed by atoms with van der Waals surface area (Å²) < 4.78 is 0. The fraction of sp³-hybridized carbons (Fsp3) is 0.929. The van der Waals surface area contributed by atoms with Gasteiger partial charge in [-0.25, -0.2) is 0 Å². The number of hydrogen-bond acceptors (Lipinski definition) is 3. The monoisotopic (exact) mass is 254 g/mol. The number of carbonyl (C=O) groups is 1. The molecule has 3 N–H and O–H groups in total. The van der Waals surface area contributed by atoms with Crippen LogP contribution in [-0.2, 0) is 4.79 Å². The number of aliphatic hydroxyl groups is 1. The summed E-state index contributed by atoms with van der Waals surface area (Å²) in [5.74, 6) is 0.705. The van der Waals surface area contributed by atoms with Crippen LogP contribution in [-0.4, -0.2) is 34.7 Å². The molecule has 1 saturated heterocycles. The Morgan fingerprint density at radius 1 is 1.22 bits per heavy atom. The minimum Gasteiger partial charge on any atom is -0.372 e. The first-order valence-electron chi connectivity index (χ1n) is 7.41. The van der Waals surface area contributed by atoms with Gasteiger partial charge in [-0.1, -0.05) is 32.1 Å². The maximum Gasteiger partial charge on any atom is 0.224 e. The van der Waals surface area contributed by atoms with Crippen molar-refractivity contribution < 1.29 is 9.90 Å². The van der Waals surface area contributed by atoms with E-state index in [1.165, 1.54) is 32.1 Å². The molecular formula is C14H26N2O2. The molecule has 0 aromatic carbocycles. The lowest BCUT2D eigenvalue weighted by molar-refractivity contribution is -0.146. The predicted octanol–water partition coefficient (Wildman–Crippen LogP) is 1.61. The van der Waals surface area contributed by atoms with E-state index in [1.807, 2.05) is 0 Å². The van der Waals surface area contributed by atoms with E-state index in [9.17, 15) is 9.90 Å². The Labute approximate surface area is 110 Å². The van der Waals surface area contributed by atoms with Crippen molar-refractivity contribution in [3.63, 3.8) is 0 Å². The van der Waals surface area contributed by atoms with Crippen LogP contribution in [0.25, 0.3) is 0 Å². The molecular weight excluding hydrogens is 228 g/mol. The van der Waals surface area contributed by atoms with Crippen molar-refractivity contribution in [1.82, 2.24) is 4.90 Å². The van der Waals surface area contributed by atoms with Gasteiger partial charge in [0, 0.05) is 19.0 Å². The average molecular weight is 254 g/mol. The molecule has 1 aliphatic carbocycles. The smallest absolute Gasteiger partial charge is 0.224 e.